The van der Waals surface area contributed by atoms with Gasteiger partial charge in [-0.25, -0.2) is 4.98 Å². The van der Waals surface area contributed by atoms with E-state index in [0.29, 0.717) is 23.1 Å². The first-order valence-electron chi connectivity index (χ1n) is 9.19. The number of anilines is 1. The number of aliphatic hydroxyl groups is 1. The molecule has 0 saturated heterocycles. The second-order valence-corrected chi connectivity index (χ2v) is 7.35. The Hall–Kier alpha value is -2.52. The van der Waals surface area contributed by atoms with Gasteiger partial charge in [0.25, 0.3) is 0 Å². The Kier molecular flexibility index (Phi) is 6.94. The third-order valence-corrected chi connectivity index (χ3v) is 5.08. The normalized spacial score (nSPS) is 13.2. The summed E-state index contributed by atoms with van der Waals surface area (Å²) in [6.45, 7) is 2.36. The molecule has 1 aliphatic carbocycles. The summed E-state index contributed by atoms with van der Waals surface area (Å²) < 4.78 is 7.02. The number of thioether (sulfide) groups is 1. The van der Waals surface area contributed by atoms with Crippen LogP contribution >= 0.6 is 11.8 Å². The summed E-state index contributed by atoms with van der Waals surface area (Å²) >= 11 is 1.22. The molecule has 0 bridgehead atoms. The van der Waals surface area contributed by atoms with Gasteiger partial charge < -0.3 is 25.0 Å². The number of aliphatic hydroxyl groups excluding tert-OH is 1. The fourth-order valence-corrected chi connectivity index (χ4v) is 3.37. The molecule has 1 saturated carbocycles. The van der Waals surface area contributed by atoms with E-state index >= 15 is 0 Å². The van der Waals surface area contributed by atoms with Crippen LogP contribution in [-0.2, 0) is 22.7 Å². The van der Waals surface area contributed by atoms with Crippen molar-refractivity contribution in [2.45, 2.75) is 44.1 Å². The van der Waals surface area contributed by atoms with E-state index in [1.54, 1.807) is 28.8 Å². The zero-order chi connectivity index (χ0) is 19.9. The Labute approximate surface area is 167 Å². The highest BCUT2D eigenvalue weighted by Crippen LogP contribution is 2.22. The minimum absolute atomic E-state index is 0.0786. The van der Waals surface area contributed by atoms with Crippen molar-refractivity contribution in [3.8, 4) is 5.75 Å². The molecule has 1 aromatic heterocycles. The number of amides is 2. The lowest BCUT2D eigenvalue weighted by atomic mass is 10.3. The summed E-state index contributed by atoms with van der Waals surface area (Å²) in [6, 6.07) is 7.42. The molecular weight excluding hydrogens is 380 g/mol. The fourth-order valence-electron chi connectivity index (χ4n) is 2.58. The molecule has 1 heterocycles. The molecule has 8 nitrogen and oxygen atoms in total. The number of nitrogens with one attached hydrogen (secondary N) is 2. The van der Waals surface area contributed by atoms with Gasteiger partial charge in [0.05, 0.1) is 30.9 Å². The van der Waals surface area contributed by atoms with Crippen molar-refractivity contribution in [1.82, 2.24) is 14.9 Å². The number of aromatic nitrogens is 2. The maximum absolute atomic E-state index is 12.2. The largest absolute Gasteiger partial charge is 0.494 e. The van der Waals surface area contributed by atoms with Gasteiger partial charge in [0.2, 0.25) is 11.8 Å². The second kappa shape index (κ2) is 9.61. The minimum Gasteiger partial charge on any atom is -0.494 e. The molecule has 0 unspecified atom stereocenters. The van der Waals surface area contributed by atoms with Gasteiger partial charge in [-0.05, 0) is 44.0 Å². The van der Waals surface area contributed by atoms with Gasteiger partial charge in [0.1, 0.15) is 12.3 Å². The molecule has 3 N–H and O–H groups in total. The van der Waals surface area contributed by atoms with Crippen LogP contribution in [-0.4, -0.2) is 44.9 Å². The highest BCUT2D eigenvalue weighted by Gasteiger charge is 2.24. The molecule has 1 aromatic carbocycles. The van der Waals surface area contributed by atoms with Crippen LogP contribution in [0.3, 0.4) is 0 Å². The molecule has 150 valence electrons. The minimum atomic E-state index is -0.220. The number of hydrogen-bond acceptors (Lipinski definition) is 6. The lowest BCUT2D eigenvalue weighted by Crippen LogP contribution is -2.30. The average molecular weight is 404 g/mol. The summed E-state index contributed by atoms with van der Waals surface area (Å²) in [5.74, 6) is 0.588. The van der Waals surface area contributed by atoms with Crippen LogP contribution in [0.25, 0.3) is 0 Å². The lowest BCUT2D eigenvalue weighted by molar-refractivity contribution is -0.122. The monoisotopic (exact) mass is 404 g/mol. The van der Waals surface area contributed by atoms with E-state index in [1.807, 2.05) is 6.92 Å². The Morgan fingerprint density at radius 1 is 1.29 bits per heavy atom. The molecule has 28 heavy (non-hydrogen) atoms. The van der Waals surface area contributed by atoms with Crippen LogP contribution in [0.5, 0.6) is 5.75 Å². The van der Waals surface area contributed by atoms with Crippen LogP contribution in [0.4, 0.5) is 5.69 Å². The fraction of sp³-hybridized carbons (Fsp3) is 0.421. The quantitative estimate of drug-likeness (QED) is 0.522. The molecule has 0 aliphatic heterocycles. The van der Waals surface area contributed by atoms with E-state index in [0.717, 1.165) is 18.6 Å². The summed E-state index contributed by atoms with van der Waals surface area (Å²) in [6.07, 6.45) is 3.54. The zero-order valence-electron chi connectivity index (χ0n) is 15.7. The first kappa shape index (κ1) is 20.2. The predicted octanol–water partition coefficient (Wildman–Crippen LogP) is 1.78. The summed E-state index contributed by atoms with van der Waals surface area (Å²) in [4.78, 5) is 28.6. The summed E-state index contributed by atoms with van der Waals surface area (Å²) in [5.41, 5.74) is 1.22. The molecule has 2 amide bonds. The van der Waals surface area contributed by atoms with Gasteiger partial charge in [0.15, 0.2) is 5.16 Å². The van der Waals surface area contributed by atoms with E-state index in [1.165, 1.54) is 18.0 Å². The first-order chi connectivity index (χ1) is 13.6. The Morgan fingerprint density at radius 3 is 2.68 bits per heavy atom. The van der Waals surface area contributed by atoms with Gasteiger partial charge in [-0.15, -0.1) is 0 Å². The Bertz CT molecular complexity index is 818. The van der Waals surface area contributed by atoms with Crippen molar-refractivity contribution >= 4 is 29.3 Å². The van der Waals surface area contributed by atoms with Gasteiger partial charge in [-0.1, -0.05) is 11.8 Å². The summed E-state index contributed by atoms with van der Waals surface area (Å²) in [7, 11) is 0. The van der Waals surface area contributed by atoms with E-state index in [9.17, 15) is 14.7 Å². The topological polar surface area (TPSA) is 105 Å². The molecule has 9 heteroatoms. The number of imidazole rings is 1. The molecular formula is C19H24N4O4S. The van der Waals surface area contributed by atoms with Gasteiger partial charge >= 0.3 is 0 Å². The highest BCUT2D eigenvalue weighted by molar-refractivity contribution is 7.99. The maximum Gasteiger partial charge on any atom is 0.240 e. The van der Waals surface area contributed by atoms with Crippen LogP contribution < -0.4 is 15.4 Å². The van der Waals surface area contributed by atoms with Gasteiger partial charge in [0, 0.05) is 11.7 Å². The van der Waals surface area contributed by atoms with Crippen molar-refractivity contribution in [1.29, 1.82) is 0 Å². The molecule has 0 spiro atoms. The molecule has 2 aromatic rings. The third-order valence-electron chi connectivity index (χ3n) is 4.09. The molecule has 0 atom stereocenters. The smallest absolute Gasteiger partial charge is 0.240 e. The number of rotatable bonds is 10. The Balaban J connectivity index is 1.54. The third kappa shape index (κ3) is 5.74. The maximum atomic E-state index is 12.2. The van der Waals surface area contributed by atoms with Crippen molar-refractivity contribution in [2.24, 2.45) is 0 Å². The standard InChI is InChI=1S/C19H24N4O4S/c1-2-27-16-7-5-14(6-8-16)22-18(26)12-28-19-20-9-15(11-24)23(19)10-17(25)21-13-3-4-13/h5-9,13,24H,2-4,10-12H2,1H3,(H,21,25)(H,22,26). The SMILES string of the molecule is CCOc1ccc(NC(=O)CSc2ncc(CO)n2CC(=O)NC2CC2)cc1. The number of hydrogen-bond donors (Lipinski definition) is 3. The van der Waals surface area contributed by atoms with E-state index in [4.69, 9.17) is 4.74 Å². The van der Waals surface area contributed by atoms with Crippen molar-refractivity contribution in [2.75, 3.05) is 17.7 Å². The number of carbonyl (C=O) groups excluding carboxylic acids is 2. The van der Waals surface area contributed by atoms with Crippen molar-refractivity contribution < 1.29 is 19.4 Å². The van der Waals surface area contributed by atoms with Gasteiger partial charge in [-0.3, -0.25) is 9.59 Å². The lowest BCUT2D eigenvalue weighted by Gasteiger charge is -2.11. The van der Waals surface area contributed by atoms with Crippen LogP contribution in [0.1, 0.15) is 25.5 Å². The highest BCUT2D eigenvalue weighted by atomic mass is 32.2. The van der Waals surface area contributed by atoms with Crippen LogP contribution in [0.2, 0.25) is 0 Å². The van der Waals surface area contributed by atoms with Crippen LogP contribution in [0, 0.1) is 0 Å². The molecule has 1 aliphatic rings. The number of carbonyl (C=O) groups is 2. The van der Waals surface area contributed by atoms with Crippen molar-refractivity contribution in [3.05, 3.63) is 36.2 Å². The number of nitrogens with zero attached hydrogens (tertiary/aromatic N) is 2. The molecule has 1 fully saturated rings. The molecule has 0 radical (unpaired) electrons. The first-order valence-corrected chi connectivity index (χ1v) is 10.2. The second-order valence-electron chi connectivity index (χ2n) is 6.41. The van der Waals surface area contributed by atoms with E-state index in [-0.39, 0.29) is 36.8 Å². The summed E-state index contributed by atoms with van der Waals surface area (Å²) in [5, 5.41) is 15.7. The predicted molar refractivity (Wildman–Crippen MR) is 106 cm³/mol. The zero-order valence-corrected chi connectivity index (χ0v) is 16.5. The van der Waals surface area contributed by atoms with E-state index in [2.05, 4.69) is 15.6 Å². The number of ether oxygens (including phenoxy) is 1. The molecule has 3 rings (SSSR count). The van der Waals surface area contributed by atoms with Crippen LogP contribution in [0.15, 0.2) is 35.6 Å². The average Bonchev–Trinajstić information content (AvgIpc) is 3.41. The Morgan fingerprint density at radius 2 is 2.04 bits per heavy atom. The number of benzene rings is 1. The van der Waals surface area contributed by atoms with E-state index < -0.39 is 0 Å². The van der Waals surface area contributed by atoms with Crippen molar-refractivity contribution in [3.63, 3.8) is 0 Å². The van der Waals surface area contributed by atoms with Gasteiger partial charge in [-0.2, -0.15) is 0 Å².